The van der Waals surface area contributed by atoms with E-state index in [1.165, 1.54) is 6.92 Å². The molecule has 0 radical (unpaired) electrons. The van der Waals surface area contributed by atoms with E-state index in [9.17, 15) is 13.2 Å². The number of para-hydroxylation sites is 3. The van der Waals surface area contributed by atoms with Gasteiger partial charge in [0.15, 0.2) is 17.2 Å². The van der Waals surface area contributed by atoms with Crippen LogP contribution < -0.4 is 23.8 Å². The van der Waals surface area contributed by atoms with Crippen molar-refractivity contribution in [3.05, 3.63) is 72.8 Å². The van der Waals surface area contributed by atoms with Gasteiger partial charge in [-0.25, -0.2) is 8.42 Å². The minimum Gasteiger partial charge on any atom is -0.486 e. The lowest BCUT2D eigenvalue weighted by molar-refractivity contribution is -0.116. The lowest BCUT2D eigenvalue weighted by atomic mass is 10.2. The molecule has 1 N–H and O–H groups in total. The maximum absolute atomic E-state index is 13.1. The maximum Gasteiger partial charge on any atom is 0.248 e. The molecule has 1 amide bonds. The van der Waals surface area contributed by atoms with Gasteiger partial charge in [0.1, 0.15) is 25.0 Å². The molecule has 0 unspecified atom stereocenters. The van der Waals surface area contributed by atoms with Crippen molar-refractivity contribution in [2.75, 3.05) is 29.1 Å². The second-order valence-electron chi connectivity index (χ2n) is 7.46. The van der Waals surface area contributed by atoms with E-state index in [0.717, 1.165) is 10.6 Å². The summed E-state index contributed by atoms with van der Waals surface area (Å²) in [5, 5.41) is 2.79. The quantitative estimate of drug-likeness (QED) is 0.562. The van der Waals surface area contributed by atoms with Crippen LogP contribution in [0.4, 0.5) is 11.4 Å². The largest absolute Gasteiger partial charge is 0.486 e. The lowest BCUT2D eigenvalue weighted by Crippen LogP contribution is -2.45. The lowest BCUT2D eigenvalue weighted by Gasteiger charge is -2.29. The number of benzene rings is 3. The smallest absolute Gasteiger partial charge is 0.248 e. The molecule has 33 heavy (non-hydrogen) atoms. The van der Waals surface area contributed by atoms with Crippen molar-refractivity contribution in [3.63, 3.8) is 0 Å². The van der Waals surface area contributed by atoms with Crippen molar-refractivity contribution >= 4 is 27.3 Å². The van der Waals surface area contributed by atoms with Crippen molar-refractivity contribution in [3.8, 4) is 23.0 Å². The van der Waals surface area contributed by atoms with Gasteiger partial charge in [-0.1, -0.05) is 30.3 Å². The van der Waals surface area contributed by atoms with Gasteiger partial charge in [0.05, 0.1) is 17.6 Å². The number of anilines is 2. The van der Waals surface area contributed by atoms with Gasteiger partial charge in [-0.2, -0.15) is 0 Å². The van der Waals surface area contributed by atoms with Crippen molar-refractivity contribution in [2.45, 2.75) is 13.0 Å². The third-order valence-electron chi connectivity index (χ3n) is 4.98. The molecule has 8 nitrogen and oxygen atoms in total. The van der Waals surface area contributed by atoms with Gasteiger partial charge in [0.2, 0.25) is 15.9 Å². The number of fused-ring (bicyclic) bond motifs is 1. The Morgan fingerprint density at radius 2 is 1.64 bits per heavy atom. The van der Waals surface area contributed by atoms with Gasteiger partial charge in [-0.3, -0.25) is 9.10 Å². The molecule has 0 bridgehead atoms. The predicted molar refractivity (Wildman–Crippen MR) is 126 cm³/mol. The van der Waals surface area contributed by atoms with E-state index in [-0.39, 0.29) is 0 Å². The van der Waals surface area contributed by atoms with E-state index >= 15 is 0 Å². The molecular formula is C24H24N2O6S. The summed E-state index contributed by atoms with van der Waals surface area (Å²) >= 11 is 0. The van der Waals surface area contributed by atoms with Crippen LogP contribution in [0.2, 0.25) is 0 Å². The van der Waals surface area contributed by atoms with Crippen LogP contribution in [0, 0.1) is 0 Å². The Labute approximate surface area is 192 Å². The van der Waals surface area contributed by atoms with Crippen LogP contribution in [0.1, 0.15) is 6.92 Å². The summed E-state index contributed by atoms with van der Waals surface area (Å²) in [6, 6.07) is 19.9. The number of nitrogens with one attached hydrogen (secondary N) is 1. The van der Waals surface area contributed by atoms with Crippen molar-refractivity contribution in [1.82, 2.24) is 0 Å². The third kappa shape index (κ3) is 5.20. The van der Waals surface area contributed by atoms with E-state index in [0.29, 0.717) is 47.6 Å². The zero-order chi connectivity index (χ0) is 23.4. The minimum atomic E-state index is -3.79. The van der Waals surface area contributed by atoms with Gasteiger partial charge < -0.3 is 19.5 Å². The Bertz CT molecular complexity index is 1250. The van der Waals surface area contributed by atoms with Gasteiger partial charge in [0, 0.05) is 6.07 Å². The molecule has 3 aromatic carbocycles. The molecule has 0 saturated carbocycles. The molecule has 4 rings (SSSR count). The molecule has 3 aromatic rings. The molecule has 1 heterocycles. The van der Waals surface area contributed by atoms with E-state index < -0.39 is 22.0 Å². The first kappa shape index (κ1) is 22.5. The average molecular weight is 469 g/mol. The summed E-state index contributed by atoms with van der Waals surface area (Å²) in [7, 11) is -3.79. The number of rotatable bonds is 7. The van der Waals surface area contributed by atoms with E-state index in [2.05, 4.69) is 5.32 Å². The Balaban J connectivity index is 1.59. The number of sulfonamides is 1. The van der Waals surface area contributed by atoms with Crippen molar-refractivity contribution in [1.29, 1.82) is 0 Å². The Kier molecular flexibility index (Phi) is 6.41. The van der Waals surface area contributed by atoms with Gasteiger partial charge >= 0.3 is 0 Å². The first-order valence-corrected chi connectivity index (χ1v) is 12.2. The zero-order valence-corrected chi connectivity index (χ0v) is 19.0. The second-order valence-corrected chi connectivity index (χ2v) is 9.32. The number of ether oxygens (including phenoxy) is 3. The highest BCUT2D eigenvalue weighted by Crippen LogP contribution is 2.36. The van der Waals surface area contributed by atoms with E-state index in [4.69, 9.17) is 14.2 Å². The standard InChI is InChI=1S/C24H24N2O6S/c1-17(26(33(2,28)29)18-12-13-22-23(16-18)31-15-14-30-22)24(27)25-20-10-6-7-11-21(20)32-19-8-4-3-5-9-19/h3-13,16-17H,14-15H2,1-2H3,(H,25,27)/t17-/m0/s1. The molecular weight excluding hydrogens is 444 g/mol. The first-order chi connectivity index (χ1) is 15.8. The van der Waals surface area contributed by atoms with Crippen LogP contribution in [0.25, 0.3) is 0 Å². The summed E-state index contributed by atoms with van der Waals surface area (Å²) in [4.78, 5) is 13.1. The van der Waals surface area contributed by atoms with Crippen LogP contribution in [0.15, 0.2) is 72.8 Å². The van der Waals surface area contributed by atoms with Gasteiger partial charge in [0.25, 0.3) is 0 Å². The molecule has 0 aliphatic carbocycles. The predicted octanol–water partition coefficient (Wildman–Crippen LogP) is 4.04. The molecule has 0 saturated heterocycles. The highest BCUT2D eigenvalue weighted by molar-refractivity contribution is 7.92. The molecule has 1 aliphatic rings. The fourth-order valence-corrected chi connectivity index (χ4v) is 4.66. The molecule has 0 aromatic heterocycles. The number of carbonyl (C=O) groups is 1. The summed E-state index contributed by atoms with van der Waals surface area (Å²) < 4.78 is 43.3. The van der Waals surface area contributed by atoms with Crippen molar-refractivity contribution < 1.29 is 27.4 Å². The van der Waals surface area contributed by atoms with Crippen LogP contribution in [-0.2, 0) is 14.8 Å². The first-order valence-electron chi connectivity index (χ1n) is 10.3. The fourth-order valence-electron chi connectivity index (χ4n) is 3.49. The Morgan fingerprint density at radius 1 is 0.970 bits per heavy atom. The Hall–Kier alpha value is -3.72. The molecule has 1 aliphatic heterocycles. The maximum atomic E-state index is 13.1. The summed E-state index contributed by atoms with van der Waals surface area (Å²) in [5.74, 6) is 1.50. The highest BCUT2D eigenvalue weighted by atomic mass is 32.2. The number of carbonyl (C=O) groups excluding carboxylic acids is 1. The fraction of sp³-hybridized carbons (Fsp3) is 0.208. The van der Waals surface area contributed by atoms with E-state index in [1.54, 1.807) is 54.6 Å². The third-order valence-corrected chi connectivity index (χ3v) is 6.23. The second kappa shape index (κ2) is 9.41. The SMILES string of the molecule is C[C@@H](C(=O)Nc1ccccc1Oc1ccccc1)N(c1ccc2c(c1)OCCO2)S(C)(=O)=O. The van der Waals surface area contributed by atoms with Gasteiger partial charge in [-0.15, -0.1) is 0 Å². The van der Waals surface area contributed by atoms with E-state index in [1.807, 2.05) is 18.2 Å². The summed E-state index contributed by atoms with van der Waals surface area (Å²) in [6.45, 7) is 2.31. The molecule has 1 atom stereocenters. The van der Waals surface area contributed by atoms with Crippen LogP contribution in [0.5, 0.6) is 23.0 Å². The zero-order valence-electron chi connectivity index (χ0n) is 18.2. The summed E-state index contributed by atoms with van der Waals surface area (Å²) in [6.07, 6.45) is 1.06. The van der Waals surface area contributed by atoms with Crippen LogP contribution in [0.3, 0.4) is 0 Å². The number of hydrogen-bond donors (Lipinski definition) is 1. The summed E-state index contributed by atoms with van der Waals surface area (Å²) in [5.41, 5.74) is 0.729. The molecule has 0 fully saturated rings. The van der Waals surface area contributed by atoms with Crippen LogP contribution >= 0.6 is 0 Å². The molecule has 0 spiro atoms. The molecule has 172 valence electrons. The number of amides is 1. The molecule has 9 heteroatoms. The monoisotopic (exact) mass is 468 g/mol. The van der Waals surface area contributed by atoms with Crippen molar-refractivity contribution in [2.24, 2.45) is 0 Å². The minimum absolute atomic E-state index is 0.304. The number of nitrogens with zero attached hydrogens (tertiary/aromatic N) is 1. The topological polar surface area (TPSA) is 94.2 Å². The average Bonchev–Trinajstić information content (AvgIpc) is 2.80. The number of hydrogen-bond acceptors (Lipinski definition) is 6. The Morgan fingerprint density at radius 3 is 2.36 bits per heavy atom. The normalized spacial score (nSPS) is 13.6. The highest BCUT2D eigenvalue weighted by Gasteiger charge is 2.30. The van der Waals surface area contributed by atoms with Crippen LogP contribution in [-0.4, -0.2) is 39.8 Å². The van der Waals surface area contributed by atoms with Gasteiger partial charge in [-0.05, 0) is 43.3 Å².